The van der Waals surface area contributed by atoms with Gasteiger partial charge in [0, 0.05) is 24.0 Å². The van der Waals surface area contributed by atoms with Crippen LogP contribution in [-0.4, -0.2) is 35.6 Å². The minimum Gasteiger partial charge on any atom is -0.495 e. The van der Waals surface area contributed by atoms with Crippen LogP contribution in [0.15, 0.2) is 42.5 Å². The van der Waals surface area contributed by atoms with E-state index in [0.29, 0.717) is 17.0 Å². The maximum absolute atomic E-state index is 12.5. The molecule has 0 saturated carbocycles. The number of rotatable bonds is 6. The van der Waals surface area contributed by atoms with Crippen molar-refractivity contribution in [1.82, 2.24) is 4.90 Å². The number of amides is 4. The number of imide groups is 1. The summed E-state index contributed by atoms with van der Waals surface area (Å²) in [5, 5.41) is 2.69. The largest absolute Gasteiger partial charge is 0.495 e. The normalized spacial score (nSPS) is 13.5. The van der Waals surface area contributed by atoms with Crippen molar-refractivity contribution in [2.75, 3.05) is 12.4 Å². The molecular formula is C20H19N3O5. The third-order valence-electron chi connectivity index (χ3n) is 4.44. The van der Waals surface area contributed by atoms with Crippen LogP contribution in [0.1, 0.15) is 39.1 Å². The van der Waals surface area contributed by atoms with Crippen molar-refractivity contribution in [3.63, 3.8) is 0 Å². The van der Waals surface area contributed by atoms with Gasteiger partial charge >= 0.3 is 0 Å². The fourth-order valence-corrected chi connectivity index (χ4v) is 2.90. The van der Waals surface area contributed by atoms with Gasteiger partial charge < -0.3 is 15.8 Å². The summed E-state index contributed by atoms with van der Waals surface area (Å²) in [7, 11) is 1.45. The number of likely N-dealkylation sites (tertiary alicyclic amines) is 1. The zero-order valence-electron chi connectivity index (χ0n) is 15.2. The summed E-state index contributed by atoms with van der Waals surface area (Å²) >= 11 is 0. The number of carbonyl (C=O) groups excluding carboxylic acids is 4. The molecule has 1 aliphatic heterocycles. The second-order valence-electron chi connectivity index (χ2n) is 6.30. The van der Waals surface area contributed by atoms with Crippen molar-refractivity contribution >= 4 is 29.3 Å². The van der Waals surface area contributed by atoms with Gasteiger partial charge in [-0.1, -0.05) is 12.1 Å². The van der Waals surface area contributed by atoms with Crippen LogP contribution >= 0.6 is 0 Å². The topological polar surface area (TPSA) is 119 Å². The standard InChI is InChI=1S/C20H19N3O5/c1-28-16-7-6-14(19(21)26)10-15(16)22-20(27)13-4-2-12(3-5-13)11-23-17(24)8-9-18(23)25/h2-7,10H,8-9,11H2,1H3,(H2,21,26)(H,22,27). The number of primary amides is 1. The summed E-state index contributed by atoms with van der Waals surface area (Å²) < 4.78 is 5.19. The summed E-state index contributed by atoms with van der Waals surface area (Å²) in [6.45, 7) is 0.189. The van der Waals surface area contributed by atoms with Gasteiger partial charge in [0.05, 0.1) is 19.3 Å². The molecule has 8 nitrogen and oxygen atoms in total. The molecular weight excluding hydrogens is 362 g/mol. The third kappa shape index (κ3) is 4.01. The highest BCUT2D eigenvalue weighted by Gasteiger charge is 2.28. The Labute approximate surface area is 161 Å². The second kappa shape index (κ2) is 7.91. The van der Waals surface area contributed by atoms with Crippen molar-refractivity contribution < 1.29 is 23.9 Å². The molecule has 0 unspecified atom stereocenters. The van der Waals surface area contributed by atoms with Gasteiger partial charge in [0.1, 0.15) is 5.75 Å². The highest BCUT2D eigenvalue weighted by Crippen LogP contribution is 2.26. The van der Waals surface area contributed by atoms with Crippen LogP contribution in [0, 0.1) is 0 Å². The molecule has 28 heavy (non-hydrogen) atoms. The van der Waals surface area contributed by atoms with E-state index in [0.717, 1.165) is 5.56 Å². The van der Waals surface area contributed by atoms with E-state index in [1.807, 2.05) is 0 Å². The lowest BCUT2D eigenvalue weighted by Gasteiger charge is -2.14. The highest BCUT2D eigenvalue weighted by atomic mass is 16.5. The number of nitrogens with one attached hydrogen (secondary N) is 1. The van der Waals surface area contributed by atoms with E-state index in [4.69, 9.17) is 10.5 Å². The zero-order chi connectivity index (χ0) is 20.3. The van der Waals surface area contributed by atoms with Gasteiger partial charge in [-0.2, -0.15) is 0 Å². The molecule has 0 radical (unpaired) electrons. The lowest BCUT2D eigenvalue weighted by atomic mass is 10.1. The van der Waals surface area contributed by atoms with Crippen LogP contribution in [0.5, 0.6) is 5.75 Å². The fourth-order valence-electron chi connectivity index (χ4n) is 2.90. The molecule has 1 heterocycles. The van der Waals surface area contributed by atoms with Gasteiger partial charge in [0.25, 0.3) is 5.91 Å². The average Bonchev–Trinajstić information content (AvgIpc) is 3.00. The number of benzene rings is 2. The van der Waals surface area contributed by atoms with Gasteiger partial charge in [-0.25, -0.2) is 0 Å². The van der Waals surface area contributed by atoms with Gasteiger partial charge in [-0.15, -0.1) is 0 Å². The molecule has 3 N–H and O–H groups in total. The van der Waals surface area contributed by atoms with E-state index >= 15 is 0 Å². The van der Waals surface area contributed by atoms with Gasteiger partial charge in [0.15, 0.2) is 0 Å². The molecule has 2 aromatic carbocycles. The predicted molar refractivity (Wildman–Crippen MR) is 101 cm³/mol. The van der Waals surface area contributed by atoms with Crippen LogP contribution in [-0.2, 0) is 16.1 Å². The SMILES string of the molecule is COc1ccc(C(N)=O)cc1NC(=O)c1ccc(CN2C(=O)CCC2=O)cc1. The summed E-state index contributed by atoms with van der Waals surface area (Å²) in [5.74, 6) is -1.00. The molecule has 0 bridgehead atoms. The number of hydrogen-bond acceptors (Lipinski definition) is 5. The van der Waals surface area contributed by atoms with Gasteiger partial charge in [-0.3, -0.25) is 24.1 Å². The quantitative estimate of drug-likeness (QED) is 0.738. The summed E-state index contributed by atoms with van der Waals surface area (Å²) in [4.78, 5) is 48.5. The van der Waals surface area contributed by atoms with Crippen LogP contribution in [0.25, 0.3) is 0 Å². The smallest absolute Gasteiger partial charge is 0.255 e. The first-order chi connectivity index (χ1) is 13.4. The third-order valence-corrected chi connectivity index (χ3v) is 4.44. The maximum Gasteiger partial charge on any atom is 0.255 e. The van der Waals surface area contributed by atoms with E-state index in [2.05, 4.69) is 5.32 Å². The monoisotopic (exact) mass is 381 g/mol. The highest BCUT2D eigenvalue weighted by molar-refractivity contribution is 6.06. The van der Waals surface area contributed by atoms with Crippen molar-refractivity contribution in [3.8, 4) is 5.75 Å². The Morgan fingerprint density at radius 1 is 1.04 bits per heavy atom. The van der Waals surface area contributed by atoms with Crippen molar-refractivity contribution in [2.45, 2.75) is 19.4 Å². The molecule has 144 valence electrons. The number of nitrogens with two attached hydrogens (primary N) is 1. The minimum absolute atomic E-state index is 0.187. The van der Waals surface area contributed by atoms with Crippen LogP contribution in [0.4, 0.5) is 5.69 Å². The molecule has 0 spiro atoms. The minimum atomic E-state index is -0.617. The summed E-state index contributed by atoms with van der Waals surface area (Å²) in [6.07, 6.45) is 0.483. The Bertz CT molecular complexity index is 937. The number of methoxy groups -OCH3 is 1. The maximum atomic E-state index is 12.5. The average molecular weight is 381 g/mol. The summed E-state index contributed by atoms with van der Waals surface area (Å²) in [5.41, 5.74) is 6.95. The number of hydrogen-bond donors (Lipinski definition) is 2. The molecule has 0 aromatic heterocycles. The van der Waals surface area contributed by atoms with Crippen LogP contribution in [0.2, 0.25) is 0 Å². The zero-order valence-corrected chi connectivity index (χ0v) is 15.2. The second-order valence-corrected chi connectivity index (χ2v) is 6.30. The number of ether oxygens (including phenoxy) is 1. The molecule has 1 saturated heterocycles. The van der Waals surface area contributed by atoms with E-state index in [1.165, 1.54) is 24.1 Å². The molecule has 0 aliphatic carbocycles. The van der Waals surface area contributed by atoms with E-state index in [9.17, 15) is 19.2 Å². The molecule has 8 heteroatoms. The Morgan fingerprint density at radius 3 is 2.21 bits per heavy atom. The van der Waals surface area contributed by atoms with Crippen molar-refractivity contribution in [1.29, 1.82) is 0 Å². The Morgan fingerprint density at radius 2 is 1.64 bits per heavy atom. The first-order valence-electron chi connectivity index (χ1n) is 8.60. The van der Waals surface area contributed by atoms with Crippen molar-refractivity contribution in [2.24, 2.45) is 5.73 Å². The molecule has 1 fully saturated rings. The van der Waals surface area contributed by atoms with Gasteiger partial charge in [-0.05, 0) is 35.9 Å². The van der Waals surface area contributed by atoms with E-state index in [1.54, 1.807) is 30.3 Å². The first kappa shape index (κ1) is 19.1. The number of anilines is 1. The molecule has 2 aromatic rings. The van der Waals surface area contributed by atoms with Crippen LogP contribution < -0.4 is 15.8 Å². The lowest BCUT2D eigenvalue weighted by Crippen LogP contribution is -2.28. The molecule has 1 aliphatic rings. The predicted octanol–water partition coefficient (Wildman–Crippen LogP) is 1.70. The molecule has 4 amide bonds. The Balaban J connectivity index is 1.73. The fraction of sp³-hybridized carbons (Fsp3) is 0.200. The molecule has 3 rings (SSSR count). The van der Waals surface area contributed by atoms with Gasteiger partial charge in [0.2, 0.25) is 17.7 Å². The first-order valence-corrected chi connectivity index (χ1v) is 8.60. The van der Waals surface area contributed by atoms with E-state index in [-0.39, 0.29) is 36.8 Å². The van der Waals surface area contributed by atoms with Crippen LogP contribution in [0.3, 0.4) is 0 Å². The Kier molecular flexibility index (Phi) is 5.39. The van der Waals surface area contributed by atoms with Crippen molar-refractivity contribution in [3.05, 3.63) is 59.2 Å². The number of nitrogens with zero attached hydrogens (tertiary/aromatic N) is 1. The lowest BCUT2D eigenvalue weighted by molar-refractivity contribution is -0.139. The summed E-state index contributed by atoms with van der Waals surface area (Å²) in [6, 6.07) is 11.1. The van der Waals surface area contributed by atoms with E-state index < -0.39 is 11.8 Å². The number of carbonyl (C=O) groups is 4. The molecule has 0 atom stereocenters. The Hall–Kier alpha value is -3.68.